The van der Waals surface area contributed by atoms with Crippen LogP contribution < -0.4 is 5.32 Å². The minimum Gasteiger partial charge on any atom is -0.356 e. The summed E-state index contributed by atoms with van der Waals surface area (Å²) in [5.41, 5.74) is 14.5. The van der Waals surface area contributed by atoms with Gasteiger partial charge in [-0.3, -0.25) is 0 Å². The monoisotopic (exact) mass is 680 g/mol. The predicted octanol–water partition coefficient (Wildman–Crippen LogP) is 14.2. The molecule has 0 spiro atoms. The van der Waals surface area contributed by atoms with Gasteiger partial charge in [-0.2, -0.15) is 0 Å². The number of fused-ring (bicyclic) bond motifs is 6. The van der Waals surface area contributed by atoms with E-state index in [0.29, 0.717) is 5.92 Å². The van der Waals surface area contributed by atoms with E-state index < -0.39 is 0 Å². The minimum absolute atomic E-state index is 0.0263. The maximum atomic E-state index is 3.67. The van der Waals surface area contributed by atoms with E-state index in [1.54, 1.807) is 5.57 Å². The summed E-state index contributed by atoms with van der Waals surface area (Å²) in [6.07, 6.45) is 8.31. The number of aromatic nitrogens is 1. The van der Waals surface area contributed by atoms with Crippen LogP contribution in [0.3, 0.4) is 0 Å². The van der Waals surface area contributed by atoms with E-state index in [1.807, 2.05) is 0 Å². The predicted molar refractivity (Wildman–Crippen MR) is 227 cm³/mol. The summed E-state index contributed by atoms with van der Waals surface area (Å²) in [6.45, 7) is 4.77. The first-order valence-corrected chi connectivity index (χ1v) is 19.2. The lowest BCUT2D eigenvalue weighted by molar-refractivity contribution is 0.468. The summed E-state index contributed by atoms with van der Waals surface area (Å²) in [5.74, 6) is 0.427. The van der Waals surface area contributed by atoms with Crippen molar-refractivity contribution in [1.82, 2.24) is 4.98 Å². The Morgan fingerprint density at radius 3 is 2.09 bits per heavy atom. The Labute approximate surface area is 309 Å². The minimum atomic E-state index is 0.0263. The summed E-state index contributed by atoms with van der Waals surface area (Å²) in [7, 11) is 0. The van der Waals surface area contributed by atoms with Crippen LogP contribution in [0.4, 0.5) is 11.4 Å². The van der Waals surface area contributed by atoms with E-state index in [1.165, 1.54) is 93.2 Å². The number of rotatable bonds is 6. The Kier molecular flexibility index (Phi) is 6.58. The molecule has 1 heterocycles. The quantitative estimate of drug-likeness (QED) is 0.168. The van der Waals surface area contributed by atoms with Crippen molar-refractivity contribution in [2.24, 2.45) is 0 Å². The molecule has 9 aromatic rings. The van der Waals surface area contributed by atoms with Crippen molar-refractivity contribution >= 4 is 71.1 Å². The number of allylic oxidation sites excluding steroid dienone is 4. The van der Waals surface area contributed by atoms with Gasteiger partial charge in [-0.15, -0.1) is 0 Å². The van der Waals surface area contributed by atoms with Crippen molar-refractivity contribution in [3.05, 3.63) is 174 Å². The Morgan fingerprint density at radius 2 is 1.30 bits per heavy atom. The lowest BCUT2D eigenvalue weighted by atomic mass is 9.70. The van der Waals surface area contributed by atoms with Crippen LogP contribution in [0.2, 0.25) is 0 Å². The van der Waals surface area contributed by atoms with Crippen LogP contribution in [0.5, 0.6) is 0 Å². The Bertz CT molecular complexity index is 2970. The molecule has 0 aliphatic heterocycles. The summed E-state index contributed by atoms with van der Waals surface area (Å²) in [5, 5.41) is 14.2. The molecule has 0 amide bonds. The second-order valence-corrected chi connectivity index (χ2v) is 15.2. The molecule has 2 N–H and O–H groups in total. The van der Waals surface area contributed by atoms with Crippen LogP contribution in [-0.4, -0.2) is 4.98 Å². The zero-order valence-electron chi connectivity index (χ0n) is 30.1. The first kappa shape index (κ1) is 30.5. The van der Waals surface area contributed by atoms with Crippen molar-refractivity contribution in [3.8, 4) is 11.1 Å². The third-order valence-corrected chi connectivity index (χ3v) is 12.8. The fourth-order valence-corrected chi connectivity index (χ4v) is 10.2. The highest BCUT2D eigenvalue weighted by Crippen LogP contribution is 2.58. The average molecular weight is 681 g/mol. The molecule has 2 aliphatic carbocycles. The van der Waals surface area contributed by atoms with Crippen molar-refractivity contribution in [2.45, 2.75) is 44.4 Å². The maximum absolute atomic E-state index is 3.67. The molecule has 0 fully saturated rings. The number of hydrogen-bond acceptors (Lipinski definition) is 1. The molecule has 0 bridgehead atoms. The van der Waals surface area contributed by atoms with Gasteiger partial charge >= 0.3 is 0 Å². The number of H-pyrrole nitrogens is 1. The Hall–Kier alpha value is -6.12. The van der Waals surface area contributed by atoms with Crippen LogP contribution in [0.1, 0.15) is 55.7 Å². The highest BCUT2D eigenvalue weighted by atomic mass is 14.9. The fourth-order valence-electron chi connectivity index (χ4n) is 10.2. The second-order valence-electron chi connectivity index (χ2n) is 15.2. The molecule has 2 nitrogen and oxygen atoms in total. The first-order valence-electron chi connectivity index (χ1n) is 19.2. The lowest BCUT2D eigenvalue weighted by Gasteiger charge is -2.33. The van der Waals surface area contributed by atoms with Gasteiger partial charge < -0.3 is 10.3 Å². The van der Waals surface area contributed by atoms with E-state index in [4.69, 9.17) is 0 Å². The zero-order valence-corrected chi connectivity index (χ0v) is 30.1. The molecular formula is C51H40N2. The summed E-state index contributed by atoms with van der Waals surface area (Å²) in [4.78, 5) is 3.60. The zero-order chi connectivity index (χ0) is 35.3. The first-order chi connectivity index (χ1) is 26.1. The van der Waals surface area contributed by atoms with E-state index in [0.717, 1.165) is 24.9 Å². The van der Waals surface area contributed by atoms with Gasteiger partial charge in [0.15, 0.2) is 0 Å². The largest absolute Gasteiger partial charge is 0.356 e. The third-order valence-electron chi connectivity index (χ3n) is 12.8. The van der Waals surface area contributed by atoms with Gasteiger partial charge in [0.1, 0.15) is 0 Å². The molecule has 11 rings (SSSR count). The molecule has 0 radical (unpaired) electrons. The van der Waals surface area contributed by atoms with Gasteiger partial charge in [-0.1, -0.05) is 129 Å². The topological polar surface area (TPSA) is 27.8 Å². The van der Waals surface area contributed by atoms with Gasteiger partial charge in [-0.05, 0) is 127 Å². The number of hydrogen-bond donors (Lipinski definition) is 2. The number of anilines is 2. The van der Waals surface area contributed by atoms with E-state index >= 15 is 0 Å². The lowest BCUT2D eigenvalue weighted by Crippen LogP contribution is -2.25. The normalized spacial score (nSPS) is 16.4. The molecule has 1 unspecified atom stereocenters. The van der Waals surface area contributed by atoms with E-state index in [2.05, 4.69) is 176 Å². The van der Waals surface area contributed by atoms with Crippen LogP contribution >= 0.6 is 0 Å². The van der Waals surface area contributed by atoms with Gasteiger partial charge in [0.05, 0.1) is 0 Å². The van der Waals surface area contributed by atoms with Crippen LogP contribution in [-0.2, 0) is 5.41 Å². The number of benzene rings is 8. The summed E-state index contributed by atoms with van der Waals surface area (Å²) >= 11 is 0. The average Bonchev–Trinajstić information content (AvgIpc) is 3.72. The summed E-state index contributed by atoms with van der Waals surface area (Å²) < 4.78 is 0. The van der Waals surface area contributed by atoms with Crippen molar-refractivity contribution in [1.29, 1.82) is 0 Å². The van der Waals surface area contributed by atoms with E-state index in [9.17, 15) is 0 Å². The van der Waals surface area contributed by atoms with Gasteiger partial charge in [0.2, 0.25) is 0 Å². The molecule has 0 saturated carbocycles. The number of para-hydroxylation sites is 2. The molecule has 1 atom stereocenters. The SMILES string of the molecule is CCC1(CC)C2=CC(c3ccc4ccc5c(-c6ccc7[nH]c8ccccc8c7c6)ccc6ccc3c4c65)=CCC2c2ccc(Nc3ccccc3)cc21. The highest BCUT2D eigenvalue weighted by molar-refractivity contribution is 6.27. The van der Waals surface area contributed by atoms with Gasteiger partial charge in [0.25, 0.3) is 0 Å². The van der Waals surface area contributed by atoms with E-state index in [-0.39, 0.29) is 5.41 Å². The highest BCUT2D eigenvalue weighted by Gasteiger charge is 2.46. The third kappa shape index (κ3) is 4.39. The molecule has 8 aromatic carbocycles. The smallest absolute Gasteiger partial charge is 0.0465 e. The molecule has 254 valence electrons. The molecule has 53 heavy (non-hydrogen) atoms. The van der Waals surface area contributed by atoms with Crippen LogP contribution in [0.15, 0.2) is 157 Å². The van der Waals surface area contributed by atoms with Crippen LogP contribution in [0.25, 0.3) is 70.8 Å². The van der Waals surface area contributed by atoms with Gasteiger partial charge in [-0.25, -0.2) is 0 Å². The van der Waals surface area contributed by atoms with Gasteiger partial charge in [0, 0.05) is 44.5 Å². The molecular weight excluding hydrogens is 641 g/mol. The summed E-state index contributed by atoms with van der Waals surface area (Å²) in [6, 6.07) is 51.9. The van der Waals surface area contributed by atoms with Crippen LogP contribution in [0, 0.1) is 0 Å². The molecule has 2 heteroatoms. The molecule has 0 saturated heterocycles. The fraction of sp³-hybridized carbons (Fsp3) is 0.137. The van der Waals surface area contributed by atoms with Crippen molar-refractivity contribution in [3.63, 3.8) is 0 Å². The number of aromatic amines is 1. The van der Waals surface area contributed by atoms with Crippen molar-refractivity contribution in [2.75, 3.05) is 5.32 Å². The maximum Gasteiger partial charge on any atom is 0.0465 e. The Balaban J connectivity index is 1.04. The van der Waals surface area contributed by atoms with Crippen molar-refractivity contribution < 1.29 is 0 Å². The standard InChI is InChI=1S/C51H40N2/c1-3-51(4-2)45-29-34(18-23-39(45)40-26-20-36(30-46(40)51)52-35-10-6-5-7-11-35)38-22-15-32-16-24-42-37(21-14-31-17-25-43(38)50(32)49(31)42)33-19-27-48-44(28-33)41-12-8-9-13-47(41)53-48/h5-22,24-30,39,52-53H,3-4,23H2,1-2H3. The second kappa shape index (κ2) is 11.4. The molecule has 1 aromatic heterocycles. The number of nitrogens with one attached hydrogen (secondary N) is 2. The Morgan fingerprint density at radius 1 is 0.604 bits per heavy atom. The molecule has 2 aliphatic rings.